The smallest absolute Gasteiger partial charge is 0.129 e. The third-order valence-corrected chi connectivity index (χ3v) is 5.39. The fourth-order valence-corrected chi connectivity index (χ4v) is 4.31. The molecular weight excluding hydrogens is 256 g/mol. The van der Waals surface area contributed by atoms with Crippen LogP contribution in [0.4, 0.5) is 8.78 Å². The number of halogens is 2. The van der Waals surface area contributed by atoms with E-state index in [1.54, 1.807) is 0 Å². The van der Waals surface area contributed by atoms with Crippen LogP contribution in [0.25, 0.3) is 0 Å². The first-order valence-corrected chi connectivity index (χ1v) is 7.77. The molecule has 2 aliphatic rings. The molecule has 110 valence electrons. The molecule has 0 radical (unpaired) electrons. The molecule has 1 aromatic rings. The lowest BCUT2D eigenvalue weighted by Crippen LogP contribution is -2.32. The van der Waals surface area contributed by atoms with E-state index in [9.17, 15) is 8.78 Å². The second-order valence-electron chi connectivity index (χ2n) is 6.56. The Hall–Kier alpha value is -0.960. The summed E-state index contributed by atoms with van der Waals surface area (Å²) in [6.07, 6.45) is 6.96. The van der Waals surface area contributed by atoms with Crippen LogP contribution in [0.3, 0.4) is 0 Å². The predicted octanol–water partition coefficient (Wildman–Crippen LogP) is 3.92. The Morgan fingerprint density at radius 2 is 1.95 bits per heavy atom. The molecule has 0 saturated heterocycles. The average Bonchev–Trinajstić information content (AvgIpc) is 3.04. The first kappa shape index (κ1) is 14.0. The Morgan fingerprint density at radius 3 is 2.50 bits per heavy atom. The van der Waals surface area contributed by atoms with Crippen molar-refractivity contribution in [3.8, 4) is 0 Å². The Kier molecular flexibility index (Phi) is 4.06. The first-order chi connectivity index (χ1) is 9.67. The predicted molar refractivity (Wildman–Crippen MR) is 76.5 cm³/mol. The molecule has 1 nitrogen and oxygen atoms in total. The van der Waals surface area contributed by atoms with E-state index in [1.165, 1.54) is 43.9 Å². The molecule has 20 heavy (non-hydrogen) atoms. The molecule has 0 heterocycles. The summed E-state index contributed by atoms with van der Waals surface area (Å²) in [7, 11) is 1.90. The minimum atomic E-state index is -0.418. The Balaban J connectivity index is 1.65. The van der Waals surface area contributed by atoms with E-state index < -0.39 is 11.6 Å². The zero-order valence-electron chi connectivity index (χ0n) is 12.0. The third kappa shape index (κ3) is 2.73. The van der Waals surface area contributed by atoms with Gasteiger partial charge in [0.1, 0.15) is 11.6 Å². The van der Waals surface area contributed by atoms with Crippen molar-refractivity contribution in [3.05, 3.63) is 35.4 Å². The van der Waals surface area contributed by atoms with Crippen molar-refractivity contribution < 1.29 is 8.78 Å². The van der Waals surface area contributed by atoms with Crippen LogP contribution in [0.15, 0.2) is 18.2 Å². The minimum Gasteiger partial charge on any atom is -0.317 e. The van der Waals surface area contributed by atoms with Gasteiger partial charge in [0, 0.05) is 11.6 Å². The topological polar surface area (TPSA) is 12.0 Å². The highest BCUT2D eigenvalue weighted by Gasteiger charge is 2.40. The summed E-state index contributed by atoms with van der Waals surface area (Å²) < 4.78 is 27.5. The van der Waals surface area contributed by atoms with Gasteiger partial charge in [0.2, 0.25) is 0 Å². The van der Waals surface area contributed by atoms with Gasteiger partial charge in [-0.15, -0.1) is 0 Å². The van der Waals surface area contributed by atoms with Gasteiger partial charge in [-0.1, -0.05) is 12.5 Å². The summed E-state index contributed by atoms with van der Waals surface area (Å²) in [5.74, 6) is 1.70. The molecule has 3 heteroatoms. The van der Waals surface area contributed by atoms with Crippen molar-refractivity contribution in [2.75, 3.05) is 7.05 Å². The van der Waals surface area contributed by atoms with Crippen LogP contribution in [0.5, 0.6) is 0 Å². The maximum absolute atomic E-state index is 13.7. The summed E-state index contributed by atoms with van der Waals surface area (Å²) in [6, 6.07) is 4.30. The van der Waals surface area contributed by atoms with Gasteiger partial charge < -0.3 is 5.32 Å². The summed E-state index contributed by atoms with van der Waals surface area (Å²) in [5, 5.41) is 3.26. The highest BCUT2D eigenvalue weighted by atomic mass is 19.1. The van der Waals surface area contributed by atoms with Crippen LogP contribution in [0.1, 0.15) is 37.7 Å². The maximum atomic E-state index is 13.7. The molecule has 4 atom stereocenters. The molecule has 2 saturated carbocycles. The number of fused-ring (bicyclic) bond motifs is 2. The monoisotopic (exact) mass is 279 g/mol. The highest BCUT2D eigenvalue weighted by molar-refractivity contribution is 5.20. The van der Waals surface area contributed by atoms with Crippen molar-refractivity contribution in [2.24, 2.45) is 17.8 Å². The second kappa shape index (κ2) is 5.80. The van der Waals surface area contributed by atoms with Crippen LogP contribution in [-0.2, 0) is 6.42 Å². The zero-order valence-corrected chi connectivity index (χ0v) is 12.0. The fourth-order valence-electron chi connectivity index (χ4n) is 4.31. The van der Waals surface area contributed by atoms with Gasteiger partial charge in [0.25, 0.3) is 0 Å². The van der Waals surface area contributed by atoms with Crippen LogP contribution >= 0.6 is 0 Å². The molecule has 3 rings (SSSR count). The SMILES string of the molecule is CNC(Cc1c(F)cccc1F)CC1CC2CCC1C2. The van der Waals surface area contributed by atoms with E-state index in [-0.39, 0.29) is 11.6 Å². The van der Waals surface area contributed by atoms with E-state index in [0.717, 1.165) is 24.2 Å². The van der Waals surface area contributed by atoms with Crippen molar-refractivity contribution in [2.45, 2.75) is 44.6 Å². The largest absolute Gasteiger partial charge is 0.317 e. The molecule has 4 unspecified atom stereocenters. The van der Waals surface area contributed by atoms with Crippen molar-refractivity contribution in [3.63, 3.8) is 0 Å². The summed E-state index contributed by atoms with van der Waals surface area (Å²) in [4.78, 5) is 0. The average molecular weight is 279 g/mol. The lowest BCUT2D eigenvalue weighted by Gasteiger charge is -2.26. The number of hydrogen-bond acceptors (Lipinski definition) is 1. The van der Waals surface area contributed by atoms with E-state index in [2.05, 4.69) is 5.32 Å². The number of hydrogen-bond donors (Lipinski definition) is 1. The van der Waals surface area contributed by atoms with Crippen LogP contribution in [0, 0.1) is 29.4 Å². The first-order valence-electron chi connectivity index (χ1n) is 7.77. The van der Waals surface area contributed by atoms with Crippen LogP contribution in [-0.4, -0.2) is 13.1 Å². The molecule has 0 amide bonds. The van der Waals surface area contributed by atoms with E-state index in [0.29, 0.717) is 6.42 Å². The molecule has 2 aliphatic carbocycles. The van der Waals surface area contributed by atoms with E-state index in [4.69, 9.17) is 0 Å². The van der Waals surface area contributed by atoms with Gasteiger partial charge in [-0.25, -0.2) is 8.78 Å². The lowest BCUT2D eigenvalue weighted by atomic mass is 9.83. The van der Waals surface area contributed by atoms with Gasteiger partial charge in [-0.2, -0.15) is 0 Å². The van der Waals surface area contributed by atoms with Crippen LogP contribution in [0.2, 0.25) is 0 Å². The van der Waals surface area contributed by atoms with Crippen LogP contribution < -0.4 is 5.32 Å². The summed E-state index contributed by atoms with van der Waals surface area (Å²) in [5.41, 5.74) is 0.231. The Bertz CT molecular complexity index is 454. The van der Waals surface area contributed by atoms with Gasteiger partial charge in [0.15, 0.2) is 0 Å². The third-order valence-electron chi connectivity index (χ3n) is 5.39. The summed E-state index contributed by atoms with van der Waals surface area (Å²) in [6.45, 7) is 0. The quantitative estimate of drug-likeness (QED) is 0.861. The number of benzene rings is 1. The standard InChI is InChI=1S/C17H23F2N/c1-20-14(9-13-8-11-5-6-12(13)7-11)10-15-16(18)3-2-4-17(15)19/h2-4,11-14,20H,5-10H2,1H3. The second-order valence-corrected chi connectivity index (χ2v) is 6.56. The molecule has 0 spiro atoms. The molecule has 1 N–H and O–H groups in total. The van der Waals surface area contributed by atoms with Crippen molar-refractivity contribution >= 4 is 0 Å². The number of nitrogens with one attached hydrogen (secondary N) is 1. The van der Waals surface area contributed by atoms with E-state index >= 15 is 0 Å². The van der Waals surface area contributed by atoms with Crippen molar-refractivity contribution in [1.29, 1.82) is 0 Å². The highest BCUT2D eigenvalue weighted by Crippen LogP contribution is 2.50. The normalized spacial score (nSPS) is 29.9. The molecule has 2 fully saturated rings. The van der Waals surface area contributed by atoms with E-state index in [1.807, 2.05) is 7.05 Å². The van der Waals surface area contributed by atoms with Gasteiger partial charge >= 0.3 is 0 Å². The maximum Gasteiger partial charge on any atom is 0.129 e. The number of likely N-dealkylation sites (N-methyl/N-ethyl adjacent to an activating group) is 1. The molecule has 0 aromatic heterocycles. The minimum absolute atomic E-state index is 0.172. The Labute approximate surface area is 119 Å². The summed E-state index contributed by atoms with van der Waals surface area (Å²) >= 11 is 0. The van der Waals surface area contributed by atoms with Gasteiger partial charge in [-0.05, 0) is 69.0 Å². The number of rotatable bonds is 5. The molecule has 1 aromatic carbocycles. The Morgan fingerprint density at radius 1 is 1.20 bits per heavy atom. The fraction of sp³-hybridized carbons (Fsp3) is 0.647. The molecule has 2 bridgehead atoms. The molecule has 0 aliphatic heterocycles. The van der Waals surface area contributed by atoms with Gasteiger partial charge in [0.05, 0.1) is 0 Å². The molecular formula is C17H23F2N. The van der Waals surface area contributed by atoms with Crippen molar-refractivity contribution in [1.82, 2.24) is 5.32 Å². The lowest BCUT2D eigenvalue weighted by molar-refractivity contribution is 0.280. The zero-order chi connectivity index (χ0) is 14.1. The van der Waals surface area contributed by atoms with Gasteiger partial charge in [-0.3, -0.25) is 0 Å².